The fourth-order valence-corrected chi connectivity index (χ4v) is 3.01. The summed E-state index contributed by atoms with van der Waals surface area (Å²) in [6, 6.07) is 10.2. The molecule has 0 radical (unpaired) electrons. The summed E-state index contributed by atoms with van der Waals surface area (Å²) in [6.07, 6.45) is 1.85. The second-order valence-corrected chi connectivity index (χ2v) is 5.38. The van der Waals surface area contributed by atoms with Gasteiger partial charge in [-0.05, 0) is 17.7 Å². The summed E-state index contributed by atoms with van der Waals surface area (Å²) in [5, 5.41) is 10.3. The minimum absolute atomic E-state index is 0.405. The fraction of sp³-hybridized carbons (Fsp3) is 0.214. The zero-order valence-corrected chi connectivity index (χ0v) is 12.0. The van der Waals surface area contributed by atoms with Crippen molar-refractivity contribution in [2.45, 2.75) is 17.5 Å². The third-order valence-corrected chi connectivity index (χ3v) is 4.27. The maximum atomic E-state index is 5.60. The van der Waals surface area contributed by atoms with E-state index in [-0.39, 0.29) is 0 Å². The molecule has 0 saturated carbocycles. The van der Waals surface area contributed by atoms with Crippen LogP contribution in [0, 0.1) is 0 Å². The third kappa shape index (κ3) is 2.39. The van der Waals surface area contributed by atoms with Crippen molar-refractivity contribution in [3.8, 4) is 0 Å². The molecule has 0 saturated heterocycles. The normalized spacial score (nSPS) is 11.1. The molecule has 3 aromatic rings. The molecule has 0 aliphatic rings. The van der Waals surface area contributed by atoms with E-state index in [4.69, 9.17) is 5.73 Å². The number of para-hydroxylation sites is 1. The summed E-state index contributed by atoms with van der Waals surface area (Å²) >= 11 is 1.66. The first-order valence-corrected chi connectivity index (χ1v) is 7.32. The lowest BCUT2D eigenvalue weighted by Crippen LogP contribution is -2.05. The highest BCUT2D eigenvalue weighted by atomic mass is 32.2. The molecule has 20 heavy (non-hydrogen) atoms. The maximum Gasteiger partial charge on any atom is 0.191 e. The highest BCUT2D eigenvalue weighted by Crippen LogP contribution is 2.25. The average molecular weight is 285 g/mol. The van der Waals surface area contributed by atoms with Crippen LogP contribution in [0.1, 0.15) is 11.4 Å². The van der Waals surface area contributed by atoms with Crippen molar-refractivity contribution >= 4 is 22.7 Å². The highest BCUT2D eigenvalue weighted by Gasteiger charge is 2.09. The fourth-order valence-electron chi connectivity index (χ4n) is 2.07. The van der Waals surface area contributed by atoms with Gasteiger partial charge < -0.3 is 10.3 Å². The summed E-state index contributed by atoms with van der Waals surface area (Å²) in [5.74, 6) is 1.63. The Morgan fingerprint density at radius 3 is 2.85 bits per heavy atom. The van der Waals surface area contributed by atoms with Crippen molar-refractivity contribution in [2.75, 3.05) is 0 Å². The number of aromatic nitrogens is 4. The number of thioether (sulfide) groups is 1. The van der Waals surface area contributed by atoms with E-state index in [1.807, 2.05) is 36.0 Å². The minimum atomic E-state index is 0.405. The predicted molar refractivity (Wildman–Crippen MR) is 80.2 cm³/mol. The highest BCUT2D eigenvalue weighted by molar-refractivity contribution is 7.98. The van der Waals surface area contributed by atoms with Crippen molar-refractivity contribution < 1.29 is 0 Å². The van der Waals surface area contributed by atoms with Crippen LogP contribution in [0.4, 0.5) is 0 Å². The van der Waals surface area contributed by atoms with Gasteiger partial charge in [0.1, 0.15) is 5.82 Å². The zero-order valence-electron chi connectivity index (χ0n) is 11.2. The summed E-state index contributed by atoms with van der Waals surface area (Å²) in [7, 11) is 1.94. The number of nitrogens with zero attached hydrogens (tertiary/aromatic N) is 4. The Balaban J connectivity index is 1.85. The van der Waals surface area contributed by atoms with Gasteiger partial charge in [-0.2, -0.15) is 0 Å². The third-order valence-electron chi connectivity index (χ3n) is 3.20. The summed E-state index contributed by atoms with van der Waals surface area (Å²) in [5.41, 5.74) is 7.87. The molecule has 2 aromatic heterocycles. The molecule has 0 aliphatic heterocycles. The van der Waals surface area contributed by atoms with Gasteiger partial charge in [0.05, 0.1) is 12.1 Å². The SMILES string of the molecule is Cn1c(CN)nnc1SCc1ccnc2ccccc12. The molecule has 0 bridgehead atoms. The standard InChI is InChI=1S/C14H15N5S/c1-19-13(8-15)17-18-14(19)20-9-10-6-7-16-12-5-3-2-4-11(10)12/h2-7H,8-9,15H2,1H3. The van der Waals surface area contributed by atoms with Crippen LogP contribution in [0.3, 0.4) is 0 Å². The van der Waals surface area contributed by atoms with E-state index in [0.717, 1.165) is 22.3 Å². The Morgan fingerprint density at radius 1 is 1.20 bits per heavy atom. The van der Waals surface area contributed by atoms with E-state index in [1.54, 1.807) is 11.8 Å². The molecule has 102 valence electrons. The van der Waals surface area contributed by atoms with E-state index >= 15 is 0 Å². The zero-order chi connectivity index (χ0) is 13.9. The second kappa shape index (κ2) is 5.60. The number of hydrogen-bond acceptors (Lipinski definition) is 5. The number of rotatable bonds is 4. The number of hydrogen-bond donors (Lipinski definition) is 1. The largest absolute Gasteiger partial charge is 0.324 e. The van der Waals surface area contributed by atoms with Gasteiger partial charge in [-0.15, -0.1) is 10.2 Å². The smallest absolute Gasteiger partial charge is 0.191 e. The quantitative estimate of drug-likeness (QED) is 0.744. The average Bonchev–Trinajstić information content (AvgIpc) is 2.85. The predicted octanol–water partition coefficient (Wildman–Crippen LogP) is 2.11. The number of benzene rings is 1. The van der Waals surface area contributed by atoms with Gasteiger partial charge in [-0.1, -0.05) is 30.0 Å². The number of nitrogens with two attached hydrogens (primary N) is 1. The van der Waals surface area contributed by atoms with Gasteiger partial charge in [0.15, 0.2) is 5.16 Å². The molecule has 0 atom stereocenters. The van der Waals surface area contributed by atoms with E-state index in [1.165, 1.54) is 10.9 Å². The van der Waals surface area contributed by atoms with Gasteiger partial charge in [-0.3, -0.25) is 4.98 Å². The van der Waals surface area contributed by atoms with Crippen LogP contribution in [-0.4, -0.2) is 19.7 Å². The molecule has 2 heterocycles. The van der Waals surface area contributed by atoms with Crippen molar-refractivity contribution in [1.29, 1.82) is 0 Å². The first-order valence-electron chi connectivity index (χ1n) is 6.33. The first kappa shape index (κ1) is 13.1. The van der Waals surface area contributed by atoms with Gasteiger partial charge in [0.25, 0.3) is 0 Å². The molecule has 0 aliphatic carbocycles. The lowest BCUT2D eigenvalue weighted by atomic mass is 10.1. The molecule has 0 unspecified atom stereocenters. The van der Waals surface area contributed by atoms with Crippen molar-refractivity contribution in [3.05, 3.63) is 47.9 Å². The topological polar surface area (TPSA) is 69.6 Å². The molecular weight excluding hydrogens is 270 g/mol. The Hall–Kier alpha value is -1.92. The van der Waals surface area contributed by atoms with Gasteiger partial charge in [-0.25, -0.2) is 0 Å². The summed E-state index contributed by atoms with van der Waals surface area (Å²) in [6.45, 7) is 0.405. The molecule has 0 amide bonds. The van der Waals surface area contributed by atoms with Gasteiger partial charge in [0, 0.05) is 24.4 Å². The van der Waals surface area contributed by atoms with Crippen LogP contribution in [0.25, 0.3) is 10.9 Å². The van der Waals surface area contributed by atoms with Crippen LogP contribution >= 0.6 is 11.8 Å². The Bertz CT molecular complexity index is 732. The summed E-state index contributed by atoms with van der Waals surface area (Å²) in [4.78, 5) is 4.37. The van der Waals surface area contributed by atoms with Crippen LogP contribution < -0.4 is 5.73 Å². The Labute approximate surface area is 121 Å². The lowest BCUT2D eigenvalue weighted by Gasteiger charge is -2.05. The van der Waals surface area contributed by atoms with E-state index in [2.05, 4.69) is 27.3 Å². The molecule has 0 fully saturated rings. The second-order valence-electron chi connectivity index (χ2n) is 4.44. The van der Waals surface area contributed by atoms with Crippen molar-refractivity contribution in [2.24, 2.45) is 12.8 Å². The maximum absolute atomic E-state index is 5.60. The van der Waals surface area contributed by atoms with Crippen molar-refractivity contribution in [1.82, 2.24) is 19.7 Å². The molecule has 2 N–H and O–H groups in total. The Morgan fingerprint density at radius 2 is 2.05 bits per heavy atom. The molecular formula is C14H15N5S. The molecule has 1 aromatic carbocycles. The Kier molecular flexibility index (Phi) is 3.66. The first-order chi connectivity index (χ1) is 9.79. The molecule has 3 rings (SSSR count). The van der Waals surface area contributed by atoms with Gasteiger partial charge >= 0.3 is 0 Å². The van der Waals surface area contributed by atoms with Gasteiger partial charge in [0.2, 0.25) is 0 Å². The van der Waals surface area contributed by atoms with Crippen molar-refractivity contribution in [3.63, 3.8) is 0 Å². The number of pyridine rings is 1. The lowest BCUT2D eigenvalue weighted by molar-refractivity contribution is 0.734. The van der Waals surface area contributed by atoms with Crippen LogP contribution in [-0.2, 0) is 19.3 Å². The van der Waals surface area contributed by atoms with Crippen LogP contribution in [0.15, 0.2) is 41.7 Å². The molecule has 5 nitrogen and oxygen atoms in total. The van der Waals surface area contributed by atoms with Crippen LogP contribution in [0.2, 0.25) is 0 Å². The van der Waals surface area contributed by atoms with E-state index in [0.29, 0.717) is 6.54 Å². The summed E-state index contributed by atoms with van der Waals surface area (Å²) < 4.78 is 1.94. The minimum Gasteiger partial charge on any atom is -0.324 e. The molecule has 0 spiro atoms. The monoisotopic (exact) mass is 285 g/mol. The number of fused-ring (bicyclic) bond motifs is 1. The molecule has 6 heteroatoms. The van der Waals surface area contributed by atoms with E-state index in [9.17, 15) is 0 Å². The van der Waals surface area contributed by atoms with Crippen LogP contribution in [0.5, 0.6) is 0 Å². The van der Waals surface area contributed by atoms with E-state index < -0.39 is 0 Å².